The second-order valence-corrected chi connectivity index (χ2v) is 3.43. The van der Waals surface area contributed by atoms with Crippen molar-refractivity contribution in [3.63, 3.8) is 0 Å². The van der Waals surface area contributed by atoms with Gasteiger partial charge in [-0.3, -0.25) is 10.8 Å². The van der Waals surface area contributed by atoms with Crippen LogP contribution < -0.4 is 11.2 Å². The monoisotopic (exact) mass is 245 g/mol. The van der Waals surface area contributed by atoms with E-state index < -0.39 is 11.8 Å². The van der Waals surface area contributed by atoms with Crippen LogP contribution in [0.2, 0.25) is 0 Å². The van der Waals surface area contributed by atoms with Crippen molar-refractivity contribution < 1.29 is 9.90 Å². The summed E-state index contributed by atoms with van der Waals surface area (Å²) in [6, 6.07) is 6.11. The van der Waals surface area contributed by atoms with Gasteiger partial charge in [0.2, 0.25) is 5.71 Å². The van der Waals surface area contributed by atoms with E-state index in [1.165, 1.54) is 12.1 Å². The van der Waals surface area contributed by atoms with Gasteiger partial charge in [-0.05, 0) is 24.6 Å². The molecule has 5 N–H and O–H groups in total. The van der Waals surface area contributed by atoms with Crippen LogP contribution in [0.5, 0.6) is 0 Å². The Hall–Kier alpha value is -2.88. The van der Waals surface area contributed by atoms with Crippen LogP contribution in [0.15, 0.2) is 23.3 Å². The molecule has 1 rings (SSSR count). The Bertz CT molecular complexity index is 571. The number of aryl methyl sites for hydroxylation is 1. The fourth-order valence-corrected chi connectivity index (χ4v) is 1.14. The van der Waals surface area contributed by atoms with Gasteiger partial charge >= 0.3 is 5.97 Å². The van der Waals surface area contributed by atoms with Gasteiger partial charge in [0.25, 0.3) is 0 Å². The topological polar surface area (TPSA) is 135 Å². The molecular formula is C11H11N5O2. The molecule has 0 heterocycles. The highest BCUT2D eigenvalue weighted by Crippen LogP contribution is 2.16. The number of carbonyl (C=O) groups is 1. The number of hydrogen-bond donors (Lipinski definition) is 4. The number of amidine groups is 1. The summed E-state index contributed by atoms with van der Waals surface area (Å²) in [5, 5.41) is 28.2. The number of nitrogens with zero attached hydrogens (tertiary/aromatic N) is 2. The molecule has 7 nitrogen and oxygen atoms in total. The normalized spacial score (nSPS) is 10.6. The smallest absolute Gasteiger partial charge is 0.335 e. The van der Waals surface area contributed by atoms with Crippen molar-refractivity contribution in [3.05, 3.63) is 29.3 Å². The maximum Gasteiger partial charge on any atom is 0.335 e. The lowest BCUT2D eigenvalue weighted by atomic mass is 10.1. The number of nitrogens with one attached hydrogen (secondary N) is 2. The minimum atomic E-state index is -1.06. The van der Waals surface area contributed by atoms with Gasteiger partial charge < -0.3 is 10.8 Å². The lowest BCUT2D eigenvalue weighted by Crippen LogP contribution is -2.22. The summed E-state index contributed by atoms with van der Waals surface area (Å²) in [7, 11) is 0. The number of carboxylic acid groups (broad SMARTS) is 1. The number of nitriles is 1. The Morgan fingerprint density at radius 2 is 2.28 bits per heavy atom. The third-order valence-corrected chi connectivity index (χ3v) is 2.13. The highest BCUT2D eigenvalue weighted by atomic mass is 16.4. The van der Waals surface area contributed by atoms with E-state index in [1.807, 2.05) is 0 Å². The lowest BCUT2D eigenvalue weighted by Gasteiger charge is -2.06. The molecule has 92 valence electrons. The first-order valence-corrected chi connectivity index (χ1v) is 4.88. The average Bonchev–Trinajstić information content (AvgIpc) is 2.31. The molecule has 0 fully saturated rings. The van der Waals surface area contributed by atoms with E-state index in [0.717, 1.165) is 5.56 Å². The molecule has 0 atom stereocenters. The van der Waals surface area contributed by atoms with Gasteiger partial charge in [0.1, 0.15) is 6.07 Å². The van der Waals surface area contributed by atoms with E-state index in [1.54, 1.807) is 19.1 Å². The summed E-state index contributed by atoms with van der Waals surface area (Å²) in [4.78, 5) is 10.8. The van der Waals surface area contributed by atoms with Gasteiger partial charge in [0.15, 0.2) is 5.84 Å². The number of aromatic carboxylic acids is 1. The predicted molar refractivity (Wildman–Crippen MR) is 66.7 cm³/mol. The molecule has 0 unspecified atom stereocenters. The maximum atomic E-state index is 10.8. The maximum absolute atomic E-state index is 10.8. The van der Waals surface area contributed by atoms with Crippen LogP contribution >= 0.6 is 0 Å². The number of anilines is 1. The zero-order valence-electron chi connectivity index (χ0n) is 9.56. The molecule has 0 saturated carbocycles. The number of rotatable bonds is 4. The number of nitrogens with two attached hydrogens (primary N) is 1. The molecule has 1 aromatic carbocycles. The molecule has 0 amide bonds. The first kappa shape index (κ1) is 13.2. The SMILES string of the molecule is Cc1ccc(C(=O)O)cc1N/N=C(\C#N)C(=N)N. The van der Waals surface area contributed by atoms with Gasteiger partial charge in [0.05, 0.1) is 11.3 Å². The highest BCUT2D eigenvalue weighted by molar-refractivity contribution is 6.45. The molecule has 0 bridgehead atoms. The molecule has 0 aliphatic rings. The quantitative estimate of drug-likeness (QED) is 0.355. The Morgan fingerprint density at radius 1 is 1.61 bits per heavy atom. The molecule has 0 aliphatic heterocycles. The van der Waals surface area contributed by atoms with Crippen LogP contribution in [-0.4, -0.2) is 22.6 Å². The van der Waals surface area contributed by atoms with Crippen molar-refractivity contribution in [1.82, 2.24) is 0 Å². The van der Waals surface area contributed by atoms with Gasteiger partial charge in [-0.1, -0.05) is 6.07 Å². The third kappa shape index (κ3) is 3.05. The van der Waals surface area contributed by atoms with Crippen molar-refractivity contribution >= 4 is 23.2 Å². The molecule has 7 heteroatoms. The van der Waals surface area contributed by atoms with Gasteiger partial charge in [-0.25, -0.2) is 4.79 Å². The molecule has 0 radical (unpaired) electrons. The number of hydrazone groups is 1. The second-order valence-electron chi connectivity index (χ2n) is 3.43. The molecule has 0 spiro atoms. The van der Waals surface area contributed by atoms with Crippen molar-refractivity contribution in [2.75, 3.05) is 5.43 Å². The largest absolute Gasteiger partial charge is 0.478 e. The first-order chi connectivity index (χ1) is 8.45. The third-order valence-electron chi connectivity index (χ3n) is 2.13. The lowest BCUT2D eigenvalue weighted by molar-refractivity contribution is 0.0697. The summed E-state index contributed by atoms with van der Waals surface area (Å²) in [6.07, 6.45) is 0. The number of benzene rings is 1. The second kappa shape index (κ2) is 5.45. The van der Waals surface area contributed by atoms with Crippen molar-refractivity contribution in [2.24, 2.45) is 10.8 Å². The zero-order chi connectivity index (χ0) is 13.7. The van der Waals surface area contributed by atoms with Crippen molar-refractivity contribution in [2.45, 2.75) is 6.92 Å². The minimum absolute atomic E-state index is 0.0969. The van der Waals surface area contributed by atoms with Crippen molar-refractivity contribution in [3.8, 4) is 6.07 Å². The van der Waals surface area contributed by atoms with Gasteiger partial charge in [0, 0.05) is 0 Å². The summed E-state index contributed by atoms with van der Waals surface area (Å²) < 4.78 is 0. The molecule has 18 heavy (non-hydrogen) atoms. The van der Waals surface area contributed by atoms with Crippen LogP contribution in [0, 0.1) is 23.7 Å². The molecule has 0 saturated heterocycles. The van der Waals surface area contributed by atoms with E-state index in [9.17, 15) is 4.79 Å². The van der Waals surface area contributed by atoms with Gasteiger partial charge in [-0.2, -0.15) is 10.4 Å². The van der Waals surface area contributed by atoms with Crippen LogP contribution in [-0.2, 0) is 0 Å². The van der Waals surface area contributed by atoms with Crippen LogP contribution in [0.3, 0.4) is 0 Å². The predicted octanol–water partition coefficient (Wildman–Crippen LogP) is 0.921. The van der Waals surface area contributed by atoms with E-state index in [4.69, 9.17) is 21.5 Å². The van der Waals surface area contributed by atoms with E-state index in [0.29, 0.717) is 5.69 Å². The van der Waals surface area contributed by atoms with E-state index in [-0.39, 0.29) is 11.3 Å². The Kier molecular flexibility index (Phi) is 3.99. The summed E-state index contributed by atoms with van der Waals surface area (Å²) in [6.45, 7) is 1.75. The summed E-state index contributed by atoms with van der Waals surface area (Å²) in [5.74, 6) is -1.52. The molecule has 0 aliphatic carbocycles. The zero-order valence-corrected chi connectivity index (χ0v) is 9.56. The summed E-state index contributed by atoms with van der Waals surface area (Å²) >= 11 is 0. The van der Waals surface area contributed by atoms with E-state index >= 15 is 0 Å². The standard InChI is InChI=1S/C11H11N5O2/c1-6-2-3-7(11(17)18)4-8(6)15-16-9(5-12)10(13)14/h2-4,15H,1H3,(H3,13,14)(H,17,18)/b16-9+. The number of hydrogen-bond acceptors (Lipinski definition) is 5. The average molecular weight is 245 g/mol. The Morgan fingerprint density at radius 3 is 2.78 bits per heavy atom. The number of carboxylic acids is 1. The highest BCUT2D eigenvalue weighted by Gasteiger charge is 2.06. The molecule has 1 aromatic rings. The Balaban J connectivity index is 3.05. The first-order valence-electron chi connectivity index (χ1n) is 4.88. The Labute approximate surface area is 103 Å². The fourth-order valence-electron chi connectivity index (χ4n) is 1.14. The minimum Gasteiger partial charge on any atom is -0.478 e. The molecular weight excluding hydrogens is 234 g/mol. The van der Waals surface area contributed by atoms with Crippen LogP contribution in [0.4, 0.5) is 5.69 Å². The fraction of sp³-hybridized carbons (Fsp3) is 0.0909. The van der Waals surface area contributed by atoms with E-state index in [2.05, 4.69) is 10.5 Å². The van der Waals surface area contributed by atoms with Crippen molar-refractivity contribution in [1.29, 1.82) is 10.7 Å². The summed E-state index contributed by atoms with van der Waals surface area (Å²) in [5.41, 5.74) is 8.66. The van der Waals surface area contributed by atoms with Crippen LogP contribution in [0.1, 0.15) is 15.9 Å². The van der Waals surface area contributed by atoms with Gasteiger partial charge in [-0.15, -0.1) is 0 Å². The molecule has 0 aromatic heterocycles. The van der Waals surface area contributed by atoms with Crippen LogP contribution in [0.25, 0.3) is 0 Å².